The molecule has 0 N–H and O–H groups in total. The number of carbonyl (C=O) groups excluding carboxylic acids is 2. The molecule has 1 aromatic carbocycles. The fourth-order valence-corrected chi connectivity index (χ4v) is 4.38. The number of fused-ring (bicyclic) bond motifs is 1. The number of benzene rings is 1. The average Bonchev–Trinajstić information content (AvgIpc) is 3.06. The molecule has 1 aromatic heterocycles. The Bertz CT molecular complexity index is 859. The Kier molecular flexibility index (Phi) is 6.51. The molecule has 0 bridgehead atoms. The first-order valence-electron chi connectivity index (χ1n) is 9.32. The zero-order chi connectivity index (χ0) is 20.3. The highest BCUT2D eigenvalue weighted by Crippen LogP contribution is 2.34. The van der Waals surface area contributed by atoms with E-state index in [-0.39, 0.29) is 30.3 Å². The van der Waals surface area contributed by atoms with E-state index >= 15 is 0 Å². The van der Waals surface area contributed by atoms with Gasteiger partial charge in [-0.3, -0.25) is 4.79 Å². The number of methoxy groups -OCH3 is 1. The Balaban J connectivity index is 1.73. The maximum Gasteiger partial charge on any atom is 0.409 e. The zero-order valence-corrected chi connectivity index (χ0v) is 17.2. The molecule has 0 atom stereocenters. The molecule has 1 aliphatic rings. The summed E-state index contributed by atoms with van der Waals surface area (Å²) in [6.07, 6.45) is -0.343. The zero-order valence-electron chi connectivity index (χ0n) is 16.4. The van der Waals surface area contributed by atoms with Crippen LogP contribution in [0, 0.1) is 11.7 Å². The van der Waals surface area contributed by atoms with E-state index in [1.807, 2.05) is 19.9 Å². The fraction of sp³-hybridized carbons (Fsp3) is 0.500. The van der Waals surface area contributed by atoms with Gasteiger partial charge in [-0.15, -0.1) is 11.3 Å². The highest BCUT2D eigenvalue weighted by Gasteiger charge is 2.29. The van der Waals surface area contributed by atoms with Gasteiger partial charge < -0.3 is 19.3 Å². The van der Waals surface area contributed by atoms with Crippen molar-refractivity contribution in [2.75, 3.05) is 39.9 Å². The minimum absolute atomic E-state index is 0.150. The highest BCUT2D eigenvalue weighted by molar-refractivity contribution is 7.21. The Labute approximate surface area is 167 Å². The molecule has 0 saturated carbocycles. The Hall–Kier alpha value is -2.19. The Morgan fingerprint density at radius 3 is 2.50 bits per heavy atom. The third-order valence-electron chi connectivity index (χ3n) is 4.61. The molecule has 1 fully saturated rings. The summed E-state index contributed by atoms with van der Waals surface area (Å²) in [5.41, 5.74) is 0.587. The summed E-state index contributed by atoms with van der Waals surface area (Å²) in [6.45, 7) is 6.18. The second-order valence-corrected chi connectivity index (χ2v) is 8.26. The van der Waals surface area contributed by atoms with Gasteiger partial charge in [-0.25, -0.2) is 9.18 Å². The molecule has 28 heavy (non-hydrogen) atoms. The van der Waals surface area contributed by atoms with E-state index in [2.05, 4.69) is 0 Å². The van der Waals surface area contributed by atoms with Crippen molar-refractivity contribution in [3.63, 3.8) is 0 Å². The van der Waals surface area contributed by atoms with Crippen LogP contribution in [0.3, 0.4) is 0 Å². The van der Waals surface area contributed by atoms with Crippen LogP contribution in [-0.2, 0) is 16.1 Å². The number of ether oxygens (including phenoxy) is 2. The smallest absolute Gasteiger partial charge is 0.409 e. The van der Waals surface area contributed by atoms with Crippen molar-refractivity contribution in [2.24, 2.45) is 5.92 Å². The lowest BCUT2D eigenvalue weighted by Crippen LogP contribution is -2.50. The molecule has 1 saturated heterocycles. The van der Waals surface area contributed by atoms with E-state index in [1.54, 1.807) is 15.9 Å². The van der Waals surface area contributed by atoms with E-state index in [4.69, 9.17) is 9.47 Å². The first-order valence-corrected chi connectivity index (χ1v) is 10.1. The molecule has 1 aliphatic heterocycles. The largest absolute Gasteiger partial charge is 0.449 e. The van der Waals surface area contributed by atoms with E-state index in [9.17, 15) is 14.0 Å². The molecule has 2 heterocycles. The van der Waals surface area contributed by atoms with Crippen molar-refractivity contribution < 1.29 is 23.5 Å². The Morgan fingerprint density at radius 2 is 1.86 bits per heavy atom. The van der Waals surface area contributed by atoms with Gasteiger partial charge in [-0.2, -0.15) is 0 Å². The van der Waals surface area contributed by atoms with E-state index in [1.165, 1.54) is 24.5 Å². The van der Waals surface area contributed by atoms with Crippen molar-refractivity contribution in [1.29, 1.82) is 0 Å². The molecule has 0 radical (unpaired) electrons. The maximum atomic E-state index is 14.3. The van der Waals surface area contributed by atoms with Crippen LogP contribution in [0.2, 0.25) is 0 Å². The quantitative estimate of drug-likeness (QED) is 0.756. The lowest BCUT2D eigenvalue weighted by molar-refractivity contribution is 0.0536. The molecule has 3 rings (SSSR count). The number of piperazine rings is 1. The van der Waals surface area contributed by atoms with Crippen LogP contribution in [0.15, 0.2) is 18.2 Å². The van der Waals surface area contributed by atoms with Crippen LogP contribution in [0.5, 0.6) is 0 Å². The number of thiophene rings is 1. The number of hydrogen-bond acceptors (Lipinski definition) is 5. The van der Waals surface area contributed by atoms with Crippen molar-refractivity contribution in [1.82, 2.24) is 9.80 Å². The molecule has 0 unspecified atom stereocenters. The van der Waals surface area contributed by atoms with Gasteiger partial charge in [0.2, 0.25) is 0 Å². The summed E-state index contributed by atoms with van der Waals surface area (Å²) in [4.78, 5) is 29.0. The normalized spacial score (nSPS) is 14.8. The summed E-state index contributed by atoms with van der Waals surface area (Å²) in [5, 5.41) is 0.452. The van der Waals surface area contributed by atoms with Gasteiger partial charge in [0.1, 0.15) is 5.82 Å². The first-order chi connectivity index (χ1) is 13.4. The molecule has 8 heteroatoms. The maximum absolute atomic E-state index is 14.3. The van der Waals surface area contributed by atoms with Crippen LogP contribution >= 0.6 is 11.3 Å². The molecular weight excluding hydrogens is 383 g/mol. The standard InChI is InChI=1S/C20H25FN2O4S/c1-13(2)11-27-20(25)23-9-7-22(8-10-23)19(24)18-14(12-26-3)17-15(21)5-4-6-16(17)28-18/h4-6,13H,7-12H2,1-3H3. The SMILES string of the molecule is COCc1c(C(=O)N2CCN(C(=O)OCC(C)C)CC2)sc2cccc(F)c12. The van der Waals surface area contributed by atoms with Gasteiger partial charge in [-0.1, -0.05) is 19.9 Å². The lowest BCUT2D eigenvalue weighted by atomic mass is 10.1. The molecule has 0 aliphatic carbocycles. The van der Waals surface area contributed by atoms with Crippen LogP contribution in [0.4, 0.5) is 9.18 Å². The van der Waals surface area contributed by atoms with E-state index < -0.39 is 0 Å². The van der Waals surface area contributed by atoms with Gasteiger partial charge in [-0.05, 0) is 18.1 Å². The minimum atomic E-state index is -0.349. The van der Waals surface area contributed by atoms with Crippen LogP contribution in [0.25, 0.3) is 10.1 Å². The predicted molar refractivity (Wildman–Crippen MR) is 106 cm³/mol. The van der Waals surface area contributed by atoms with Crippen LogP contribution in [-0.4, -0.2) is 61.7 Å². The monoisotopic (exact) mass is 408 g/mol. The molecular formula is C20H25FN2O4S. The van der Waals surface area contributed by atoms with Crippen molar-refractivity contribution in [2.45, 2.75) is 20.5 Å². The second-order valence-electron chi connectivity index (χ2n) is 7.21. The van der Waals surface area contributed by atoms with Gasteiger partial charge in [0, 0.05) is 48.9 Å². The van der Waals surface area contributed by atoms with Crippen molar-refractivity contribution in [3.05, 3.63) is 34.5 Å². The lowest BCUT2D eigenvalue weighted by Gasteiger charge is -2.34. The number of hydrogen-bond donors (Lipinski definition) is 0. The van der Waals surface area contributed by atoms with Crippen LogP contribution in [0.1, 0.15) is 29.1 Å². The third kappa shape index (κ3) is 4.28. The third-order valence-corrected chi connectivity index (χ3v) is 5.80. The van der Waals surface area contributed by atoms with Crippen molar-refractivity contribution >= 4 is 33.4 Å². The van der Waals surface area contributed by atoms with Crippen LogP contribution < -0.4 is 0 Å². The summed E-state index contributed by atoms with van der Waals surface area (Å²) in [6, 6.07) is 4.84. The van der Waals surface area contributed by atoms with E-state index in [0.29, 0.717) is 48.6 Å². The number of rotatable bonds is 5. The predicted octanol–water partition coefficient (Wildman–Crippen LogP) is 3.74. The van der Waals surface area contributed by atoms with Gasteiger partial charge in [0.15, 0.2) is 0 Å². The van der Waals surface area contributed by atoms with Gasteiger partial charge >= 0.3 is 6.09 Å². The number of amides is 2. The van der Waals surface area contributed by atoms with E-state index in [0.717, 1.165) is 4.70 Å². The first kappa shape index (κ1) is 20.5. The molecule has 2 aromatic rings. The molecule has 0 spiro atoms. The number of nitrogens with zero attached hydrogens (tertiary/aromatic N) is 2. The average molecular weight is 408 g/mol. The summed E-state index contributed by atoms with van der Waals surface area (Å²) < 4.78 is 25.5. The minimum Gasteiger partial charge on any atom is -0.449 e. The van der Waals surface area contributed by atoms with Gasteiger partial charge in [0.05, 0.1) is 18.1 Å². The highest BCUT2D eigenvalue weighted by atomic mass is 32.1. The number of halogens is 1. The molecule has 6 nitrogen and oxygen atoms in total. The van der Waals surface area contributed by atoms with Crippen molar-refractivity contribution in [3.8, 4) is 0 Å². The second kappa shape index (κ2) is 8.87. The number of carbonyl (C=O) groups is 2. The molecule has 152 valence electrons. The summed E-state index contributed by atoms with van der Waals surface area (Å²) >= 11 is 1.28. The Morgan fingerprint density at radius 1 is 1.18 bits per heavy atom. The fourth-order valence-electron chi connectivity index (χ4n) is 3.19. The summed E-state index contributed by atoms with van der Waals surface area (Å²) in [5.74, 6) is -0.222. The topological polar surface area (TPSA) is 59.1 Å². The molecule has 2 amide bonds. The van der Waals surface area contributed by atoms with Gasteiger partial charge in [0.25, 0.3) is 5.91 Å². The summed E-state index contributed by atoms with van der Waals surface area (Å²) in [7, 11) is 1.53.